The van der Waals surface area contributed by atoms with Gasteiger partial charge in [-0.3, -0.25) is 9.48 Å². The van der Waals surface area contributed by atoms with Crippen molar-refractivity contribution in [1.29, 1.82) is 0 Å². The zero-order chi connectivity index (χ0) is 17.7. The van der Waals surface area contributed by atoms with Gasteiger partial charge in [-0.05, 0) is 37.3 Å². The molecule has 24 heavy (non-hydrogen) atoms. The van der Waals surface area contributed by atoms with Crippen LogP contribution >= 0.6 is 0 Å². The van der Waals surface area contributed by atoms with Crippen LogP contribution in [0, 0.1) is 11.8 Å². The number of ether oxygens (including phenoxy) is 1. The van der Waals surface area contributed by atoms with Crippen LogP contribution in [-0.4, -0.2) is 72.4 Å². The van der Waals surface area contributed by atoms with Crippen molar-refractivity contribution >= 4 is 5.91 Å². The van der Waals surface area contributed by atoms with Crippen molar-refractivity contribution in [2.24, 2.45) is 18.9 Å². The van der Waals surface area contributed by atoms with Crippen LogP contribution in [0.25, 0.3) is 0 Å². The van der Waals surface area contributed by atoms with Gasteiger partial charge in [-0.15, -0.1) is 0 Å². The van der Waals surface area contributed by atoms with Gasteiger partial charge in [0.25, 0.3) is 5.91 Å². The molecule has 1 aromatic heterocycles. The second kappa shape index (κ2) is 8.62. The van der Waals surface area contributed by atoms with E-state index in [4.69, 9.17) is 4.74 Å². The zero-order valence-corrected chi connectivity index (χ0v) is 15.8. The van der Waals surface area contributed by atoms with Gasteiger partial charge in [-0.25, -0.2) is 0 Å². The Labute approximate surface area is 145 Å². The van der Waals surface area contributed by atoms with Crippen LogP contribution in [0.2, 0.25) is 0 Å². The molecular formula is C18H32N4O2. The number of aromatic nitrogens is 2. The highest BCUT2D eigenvalue weighted by molar-refractivity contribution is 5.92. The van der Waals surface area contributed by atoms with E-state index in [0.29, 0.717) is 17.5 Å². The van der Waals surface area contributed by atoms with E-state index in [1.807, 2.05) is 25.1 Å². The van der Waals surface area contributed by atoms with Crippen molar-refractivity contribution in [3.05, 3.63) is 17.5 Å². The monoisotopic (exact) mass is 336 g/mol. The Morgan fingerprint density at radius 2 is 2.25 bits per heavy atom. The lowest BCUT2D eigenvalue weighted by Gasteiger charge is -2.21. The molecule has 0 aliphatic carbocycles. The fourth-order valence-electron chi connectivity index (χ4n) is 3.40. The summed E-state index contributed by atoms with van der Waals surface area (Å²) in [5, 5.41) is 4.48. The molecule has 0 bridgehead atoms. The summed E-state index contributed by atoms with van der Waals surface area (Å²) < 4.78 is 6.86. The molecule has 0 spiro atoms. The molecule has 0 saturated carbocycles. The van der Waals surface area contributed by atoms with Crippen molar-refractivity contribution in [2.75, 3.05) is 46.9 Å². The molecule has 1 atom stereocenters. The highest BCUT2D eigenvalue weighted by atomic mass is 16.5. The number of aryl methyl sites for hydroxylation is 1. The largest absolute Gasteiger partial charge is 0.383 e. The summed E-state index contributed by atoms with van der Waals surface area (Å²) in [4.78, 5) is 17.0. The van der Waals surface area contributed by atoms with Crippen LogP contribution in [-0.2, 0) is 18.2 Å². The molecule has 0 radical (unpaired) electrons. The maximum atomic E-state index is 12.7. The fourth-order valence-corrected chi connectivity index (χ4v) is 3.40. The van der Waals surface area contributed by atoms with E-state index in [0.717, 1.165) is 51.3 Å². The van der Waals surface area contributed by atoms with Gasteiger partial charge in [0.05, 0.1) is 12.3 Å². The third-order valence-corrected chi connectivity index (χ3v) is 4.63. The maximum absolute atomic E-state index is 12.7. The van der Waals surface area contributed by atoms with Gasteiger partial charge in [-0.2, -0.15) is 5.10 Å². The highest BCUT2D eigenvalue weighted by Crippen LogP contribution is 2.18. The van der Waals surface area contributed by atoms with Crippen molar-refractivity contribution in [3.8, 4) is 0 Å². The fraction of sp³-hybridized carbons (Fsp3) is 0.778. The van der Waals surface area contributed by atoms with Crippen LogP contribution in [0.1, 0.15) is 36.5 Å². The third kappa shape index (κ3) is 5.05. The Kier molecular flexibility index (Phi) is 6.80. The number of likely N-dealkylation sites (tertiary alicyclic amines) is 1. The lowest BCUT2D eigenvalue weighted by Crippen LogP contribution is -2.34. The van der Waals surface area contributed by atoms with E-state index in [-0.39, 0.29) is 5.91 Å². The van der Waals surface area contributed by atoms with E-state index in [1.165, 1.54) is 0 Å². The summed E-state index contributed by atoms with van der Waals surface area (Å²) in [5.74, 6) is 1.15. The van der Waals surface area contributed by atoms with Gasteiger partial charge in [-0.1, -0.05) is 13.8 Å². The maximum Gasteiger partial charge on any atom is 0.271 e. The van der Waals surface area contributed by atoms with E-state index in [2.05, 4.69) is 23.8 Å². The lowest BCUT2D eigenvalue weighted by molar-refractivity contribution is 0.0761. The zero-order valence-electron chi connectivity index (χ0n) is 15.8. The van der Waals surface area contributed by atoms with Crippen molar-refractivity contribution in [2.45, 2.75) is 26.7 Å². The summed E-state index contributed by atoms with van der Waals surface area (Å²) in [7, 11) is 5.49. The van der Waals surface area contributed by atoms with Crippen LogP contribution in [0.3, 0.4) is 0 Å². The Morgan fingerprint density at radius 1 is 1.50 bits per heavy atom. The third-order valence-electron chi connectivity index (χ3n) is 4.63. The van der Waals surface area contributed by atoms with Gasteiger partial charge >= 0.3 is 0 Å². The van der Waals surface area contributed by atoms with Crippen LogP contribution in [0.4, 0.5) is 0 Å². The Bertz CT molecular complexity index is 541. The van der Waals surface area contributed by atoms with Crippen molar-refractivity contribution < 1.29 is 9.53 Å². The van der Waals surface area contributed by atoms with E-state index < -0.39 is 0 Å². The molecule has 6 heteroatoms. The first-order valence-corrected chi connectivity index (χ1v) is 8.90. The number of nitrogens with zero attached hydrogens (tertiary/aromatic N) is 4. The van der Waals surface area contributed by atoms with E-state index >= 15 is 0 Å². The van der Waals surface area contributed by atoms with Crippen molar-refractivity contribution in [1.82, 2.24) is 19.6 Å². The molecule has 1 saturated heterocycles. The van der Waals surface area contributed by atoms with Gasteiger partial charge in [0, 0.05) is 40.8 Å². The number of hydrogen-bond acceptors (Lipinski definition) is 4. The number of carbonyl (C=O) groups is 1. The SMILES string of the molecule is COCCN1CCC(CN(C)C(=O)c2cc(CC(C)C)nn2C)C1. The Morgan fingerprint density at radius 3 is 2.92 bits per heavy atom. The van der Waals surface area contributed by atoms with Gasteiger partial charge in [0.15, 0.2) is 0 Å². The second-order valence-electron chi connectivity index (χ2n) is 7.38. The Hall–Kier alpha value is -1.40. The molecule has 1 aromatic rings. The quantitative estimate of drug-likeness (QED) is 0.724. The normalized spacial score (nSPS) is 18.5. The van der Waals surface area contributed by atoms with Gasteiger partial charge < -0.3 is 14.5 Å². The van der Waals surface area contributed by atoms with Crippen LogP contribution in [0.5, 0.6) is 0 Å². The first-order valence-electron chi connectivity index (χ1n) is 8.90. The topological polar surface area (TPSA) is 50.6 Å². The molecule has 2 heterocycles. The summed E-state index contributed by atoms with van der Waals surface area (Å²) in [6.07, 6.45) is 2.05. The summed E-state index contributed by atoms with van der Waals surface area (Å²) in [5.41, 5.74) is 1.68. The number of hydrogen-bond donors (Lipinski definition) is 0. The summed E-state index contributed by atoms with van der Waals surface area (Å²) in [6, 6.07) is 1.94. The molecule has 1 aliphatic heterocycles. The molecule has 1 amide bonds. The molecule has 2 rings (SSSR count). The molecule has 136 valence electrons. The molecule has 6 nitrogen and oxygen atoms in total. The number of rotatable bonds is 8. The lowest BCUT2D eigenvalue weighted by atomic mass is 10.1. The summed E-state index contributed by atoms with van der Waals surface area (Å²) in [6.45, 7) is 9.02. The smallest absolute Gasteiger partial charge is 0.271 e. The molecule has 1 aliphatic rings. The van der Waals surface area contributed by atoms with Gasteiger partial charge in [0.1, 0.15) is 5.69 Å². The minimum absolute atomic E-state index is 0.0651. The van der Waals surface area contributed by atoms with Crippen LogP contribution in [0.15, 0.2) is 6.07 Å². The highest BCUT2D eigenvalue weighted by Gasteiger charge is 2.26. The standard InChI is InChI=1S/C18H32N4O2/c1-14(2)10-16-11-17(21(4)19-16)18(23)20(3)12-15-6-7-22(13-15)8-9-24-5/h11,14-15H,6-10,12-13H2,1-5H3. The average Bonchev–Trinajstić information content (AvgIpc) is 3.10. The molecular weight excluding hydrogens is 304 g/mol. The first kappa shape index (κ1) is 18.9. The van der Waals surface area contributed by atoms with Gasteiger partial charge in [0.2, 0.25) is 0 Å². The van der Waals surface area contributed by atoms with E-state index in [1.54, 1.807) is 11.8 Å². The predicted octanol–water partition coefficient (Wildman–Crippen LogP) is 1.66. The van der Waals surface area contributed by atoms with Crippen molar-refractivity contribution in [3.63, 3.8) is 0 Å². The number of amides is 1. The molecule has 1 fully saturated rings. The second-order valence-corrected chi connectivity index (χ2v) is 7.38. The number of carbonyl (C=O) groups excluding carboxylic acids is 1. The molecule has 1 unspecified atom stereocenters. The average molecular weight is 336 g/mol. The molecule has 0 aromatic carbocycles. The molecule has 0 N–H and O–H groups in total. The minimum Gasteiger partial charge on any atom is -0.383 e. The number of methoxy groups -OCH3 is 1. The minimum atomic E-state index is 0.0651. The van der Waals surface area contributed by atoms with E-state index in [9.17, 15) is 4.79 Å². The predicted molar refractivity (Wildman–Crippen MR) is 95.1 cm³/mol. The van der Waals surface area contributed by atoms with Crippen LogP contribution < -0.4 is 0 Å². The summed E-state index contributed by atoms with van der Waals surface area (Å²) >= 11 is 0. The Balaban J connectivity index is 1.89. The first-order chi connectivity index (χ1) is 11.4.